The molecule has 17 heavy (non-hydrogen) atoms. The van der Waals surface area contributed by atoms with Crippen LogP contribution in [0.4, 0.5) is 0 Å². The molecular formula is C14H16N2O. The van der Waals surface area contributed by atoms with Crippen molar-refractivity contribution in [2.24, 2.45) is 0 Å². The minimum atomic E-state index is -0.0813. The fourth-order valence-corrected chi connectivity index (χ4v) is 2.17. The third-order valence-electron chi connectivity index (χ3n) is 3.56. The molecule has 0 radical (unpaired) electrons. The summed E-state index contributed by atoms with van der Waals surface area (Å²) in [6.07, 6.45) is 3.92. The molecule has 2 aromatic rings. The van der Waals surface area contributed by atoms with Gasteiger partial charge in [0.2, 0.25) is 0 Å². The van der Waals surface area contributed by atoms with E-state index in [0.717, 1.165) is 29.9 Å². The maximum atomic E-state index is 9.37. The minimum Gasteiger partial charge on any atom is -0.395 e. The van der Waals surface area contributed by atoms with Gasteiger partial charge in [-0.15, -0.1) is 0 Å². The van der Waals surface area contributed by atoms with Gasteiger partial charge in [0, 0.05) is 0 Å². The average Bonchev–Trinajstić information content (AvgIpc) is 2.99. The predicted octanol–water partition coefficient (Wildman–Crippen LogP) is 2.41. The Bertz CT molecular complexity index is 541. The lowest BCUT2D eigenvalue weighted by molar-refractivity contribution is 0.250. The maximum absolute atomic E-state index is 9.37. The topological polar surface area (TPSA) is 48.9 Å². The van der Waals surface area contributed by atoms with E-state index in [0.29, 0.717) is 0 Å². The second-order valence-electron chi connectivity index (χ2n) is 4.95. The third kappa shape index (κ3) is 1.76. The van der Waals surface area contributed by atoms with Crippen LogP contribution in [-0.2, 0) is 5.41 Å². The van der Waals surface area contributed by atoms with Gasteiger partial charge in [-0.25, -0.2) is 4.98 Å². The lowest BCUT2D eigenvalue weighted by atomic mass is 10.1. The summed E-state index contributed by atoms with van der Waals surface area (Å²) in [7, 11) is 0. The van der Waals surface area contributed by atoms with Crippen LogP contribution in [0.25, 0.3) is 11.3 Å². The molecule has 0 unspecified atom stereocenters. The monoisotopic (exact) mass is 228 g/mol. The second-order valence-corrected chi connectivity index (χ2v) is 4.95. The van der Waals surface area contributed by atoms with Crippen LogP contribution in [-0.4, -0.2) is 21.7 Å². The molecular weight excluding hydrogens is 212 g/mol. The van der Waals surface area contributed by atoms with Crippen molar-refractivity contribution >= 4 is 0 Å². The number of nitrogens with one attached hydrogen (secondary N) is 1. The molecule has 0 saturated heterocycles. The fraction of sp³-hybridized carbons (Fsp3) is 0.357. The first-order valence-electron chi connectivity index (χ1n) is 5.97. The summed E-state index contributed by atoms with van der Waals surface area (Å²) in [5, 5.41) is 9.37. The molecule has 1 fully saturated rings. The molecule has 1 saturated carbocycles. The summed E-state index contributed by atoms with van der Waals surface area (Å²) in [6.45, 7) is 2.27. The van der Waals surface area contributed by atoms with Gasteiger partial charge in [0.25, 0.3) is 0 Å². The van der Waals surface area contributed by atoms with Crippen LogP contribution < -0.4 is 0 Å². The van der Waals surface area contributed by atoms with E-state index in [1.165, 1.54) is 5.56 Å². The SMILES string of the molecule is Cc1cccc(-c2cnc(C3(CO)CC3)[nH]2)c1. The van der Waals surface area contributed by atoms with Crippen LogP contribution in [0.3, 0.4) is 0 Å². The van der Waals surface area contributed by atoms with Crippen LogP contribution in [0.1, 0.15) is 24.2 Å². The van der Waals surface area contributed by atoms with E-state index in [4.69, 9.17) is 0 Å². The number of aromatic amines is 1. The number of H-pyrrole nitrogens is 1. The quantitative estimate of drug-likeness (QED) is 0.847. The van der Waals surface area contributed by atoms with Crippen molar-refractivity contribution in [2.75, 3.05) is 6.61 Å². The molecule has 3 rings (SSSR count). The van der Waals surface area contributed by atoms with Gasteiger partial charge in [0.15, 0.2) is 0 Å². The smallest absolute Gasteiger partial charge is 0.115 e. The molecule has 0 bridgehead atoms. The highest BCUT2D eigenvalue weighted by Crippen LogP contribution is 2.46. The van der Waals surface area contributed by atoms with Gasteiger partial charge in [0.05, 0.1) is 23.9 Å². The summed E-state index contributed by atoms with van der Waals surface area (Å²) < 4.78 is 0. The minimum absolute atomic E-state index is 0.0813. The standard InChI is InChI=1S/C14H16N2O/c1-10-3-2-4-11(7-10)12-8-15-13(16-12)14(9-17)5-6-14/h2-4,7-8,17H,5-6,9H2,1H3,(H,15,16). The van der Waals surface area contributed by atoms with Crippen LogP contribution in [0.5, 0.6) is 0 Å². The molecule has 1 heterocycles. The van der Waals surface area contributed by atoms with Crippen LogP contribution >= 0.6 is 0 Å². The highest BCUT2D eigenvalue weighted by molar-refractivity contribution is 5.59. The molecule has 1 aliphatic rings. The number of aliphatic hydroxyl groups is 1. The van der Waals surface area contributed by atoms with E-state index in [1.807, 2.05) is 12.3 Å². The van der Waals surface area contributed by atoms with Crippen molar-refractivity contribution in [2.45, 2.75) is 25.2 Å². The summed E-state index contributed by atoms with van der Waals surface area (Å²) in [5.41, 5.74) is 3.34. The number of aromatic nitrogens is 2. The number of rotatable bonds is 3. The number of hydrogen-bond donors (Lipinski definition) is 2. The van der Waals surface area contributed by atoms with E-state index in [9.17, 15) is 5.11 Å². The summed E-state index contributed by atoms with van der Waals surface area (Å²) >= 11 is 0. The van der Waals surface area contributed by atoms with Crippen LogP contribution in [0.15, 0.2) is 30.5 Å². The summed E-state index contributed by atoms with van der Waals surface area (Å²) in [4.78, 5) is 7.75. The van der Waals surface area contributed by atoms with Crippen LogP contribution in [0.2, 0.25) is 0 Å². The zero-order chi connectivity index (χ0) is 11.9. The molecule has 0 spiro atoms. The number of nitrogens with zero attached hydrogens (tertiary/aromatic N) is 1. The Morgan fingerprint density at radius 2 is 2.24 bits per heavy atom. The molecule has 1 aliphatic carbocycles. The molecule has 0 amide bonds. The largest absolute Gasteiger partial charge is 0.395 e. The molecule has 88 valence electrons. The van der Waals surface area contributed by atoms with Gasteiger partial charge in [0.1, 0.15) is 5.82 Å². The molecule has 1 aromatic heterocycles. The predicted molar refractivity (Wildman–Crippen MR) is 66.8 cm³/mol. The van der Waals surface area contributed by atoms with Gasteiger partial charge >= 0.3 is 0 Å². The molecule has 0 atom stereocenters. The molecule has 0 aliphatic heterocycles. The summed E-state index contributed by atoms with van der Waals surface area (Å²) in [5.74, 6) is 0.927. The molecule has 3 nitrogen and oxygen atoms in total. The lowest BCUT2D eigenvalue weighted by Crippen LogP contribution is -2.13. The van der Waals surface area contributed by atoms with E-state index >= 15 is 0 Å². The van der Waals surface area contributed by atoms with Crippen molar-refractivity contribution in [1.29, 1.82) is 0 Å². The lowest BCUT2D eigenvalue weighted by Gasteiger charge is -2.06. The number of aliphatic hydroxyl groups excluding tert-OH is 1. The van der Waals surface area contributed by atoms with E-state index in [-0.39, 0.29) is 12.0 Å². The third-order valence-corrected chi connectivity index (χ3v) is 3.56. The second kappa shape index (κ2) is 3.70. The number of benzene rings is 1. The van der Waals surface area contributed by atoms with Crippen molar-refractivity contribution in [3.8, 4) is 11.3 Å². The summed E-state index contributed by atoms with van der Waals surface area (Å²) in [6, 6.07) is 8.33. The Kier molecular flexibility index (Phi) is 2.30. The first kappa shape index (κ1) is 10.5. The zero-order valence-corrected chi connectivity index (χ0v) is 9.90. The van der Waals surface area contributed by atoms with Gasteiger partial charge in [-0.2, -0.15) is 0 Å². The van der Waals surface area contributed by atoms with Crippen molar-refractivity contribution in [3.63, 3.8) is 0 Å². The van der Waals surface area contributed by atoms with Crippen molar-refractivity contribution in [3.05, 3.63) is 41.9 Å². The van der Waals surface area contributed by atoms with Gasteiger partial charge in [-0.05, 0) is 31.4 Å². The Labute approximate surface area is 101 Å². The zero-order valence-electron chi connectivity index (χ0n) is 9.90. The Balaban J connectivity index is 1.95. The Morgan fingerprint density at radius 3 is 2.88 bits per heavy atom. The van der Waals surface area contributed by atoms with Gasteiger partial charge < -0.3 is 10.1 Å². The van der Waals surface area contributed by atoms with Crippen molar-refractivity contribution < 1.29 is 5.11 Å². The Hall–Kier alpha value is -1.61. The van der Waals surface area contributed by atoms with E-state index in [1.54, 1.807) is 0 Å². The molecule has 2 N–H and O–H groups in total. The Morgan fingerprint density at radius 1 is 1.41 bits per heavy atom. The van der Waals surface area contributed by atoms with E-state index in [2.05, 4.69) is 35.1 Å². The first-order chi connectivity index (χ1) is 8.23. The van der Waals surface area contributed by atoms with Crippen LogP contribution in [0, 0.1) is 6.92 Å². The molecule has 3 heteroatoms. The highest BCUT2D eigenvalue weighted by atomic mass is 16.3. The maximum Gasteiger partial charge on any atom is 0.115 e. The highest BCUT2D eigenvalue weighted by Gasteiger charge is 2.46. The number of hydrogen-bond acceptors (Lipinski definition) is 2. The van der Waals surface area contributed by atoms with E-state index < -0.39 is 0 Å². The number of imidazole rings is 1. The molecule has 1 aromatic carbocycles. The normalized spacial score (nSPS) is 17.1. The van der Waals surface area contributed by atoms with Gasteiger partial charge in [-0.3, -0.25) is 0 Å². The van der Waals surface area contributed by atoms with Gasteiger partial charge in [-0.1, -0.05) is 23.8 Å². The average molecular weight is 228 g/mol. The van der Waals surface area contributed by atoms with Crippen molar-refractivity contribution in [1.82, 2.24) is 9.97 Å². The number of aryl methyl sites for hydroxylation is 1. The fourth-order valence-electron chi connectivity index (χ4n) is 2.17. The first-order valence-corrected chi connectivity index (χ1v) is 5.97.